The molecule has 3 aromatic rings. The highest BCUT2D eigenvalue weighted by molar-refractivity contribution is 6.77. The molecule has 0 N–H and O–H groups in total. The summed E-state index contributed by atoms with van der Waals surface area (Å²) in [7, 11) is -0.906. The molecular formula is C22H24FN2Si. The molecular weight excluding hydrogens is 339 g/mol. The second-order valence-electron chi connectivity index (χ2n) is 8.08. The van der Waals surface area contributed by atoms with Gasteiger partial charge in [0.05, 0.1) is 11.2 Å². The molecule has 0 bridgehead atoms. The first kappa shape index (κ1) is 17.4. The highest BCUT2D eigenvalue weighted by atomic mass is 28.3. The number of rotatable bonds is 3. The van der Waals surface area contributed by atoms with Crippen molar-refractivity contribution in [2.24, 2.45) is 0 Å². The van der Waals surface area contributed by atoms with Crippen molar-refractivity contribution in [1.29, 1.82) is 0 Å². The molecule has 0 aliphatic carbocycles. The Morgan fingerprint density at radius 3 is 2.54 bits per heavy atom. The van der Waals surface area contributed by atoms with Crippen LogP contribution < -0.4 is 0 Å². The summed E-state index contributed by atoms with van der Waals surface area (Å²) in [5.41, 5.74) is 4.07. The van der Waals surface area contributed by atoms with Crippen LogP contribution in [0.2, 0.25) is 25.2 Å². The Bertz CT molecular complexity index is 911. The maximum Gasteiger partial charge on any atom is 0.123 e. The van der Waals surface area contributed by atoms with Gasteiger partial charge in [-0.3, -0.25) is 4.90 Å². The summed E-state index contributed by atoms with van der Waals surface area (Å²) < 4.78 is 13.3. The van der Waals surface area contributed by atoms with Crippen molar-refractivity contribution in [3.63, 3.8) is 0 Å². The Labute approximate surface area is 155 Å². The summed E-state index contributed by atoms with van der Waals surface area (Å²) in [6.45, 7) is 8.50. The second kappa shape index (κ2) is 6.93. The number of fused-ring (bicyclic) bond motifs is 1. The van der Waals surface area contributed by atoms with Gasteiger partial charge in [0.15, 0.2) is 0 Å². The van der Waals surface area contributed by atoms with Crippen LogP contribution >= 0.6 is 0 Å². The second-order valence-corrected chi connectivity index (χ2v) is 13.4. The van der Waals surface area contributed by atoms with Gasteiger partial charge in [-0.25, -0.2) is 9.37 Å². The average Bonchev–Trinajstić information content (AvgIpc) is 2.64. The molecule has 26 heavy (non-hydrogen) atoms. The molecule has 1 saturated heterocycles. The van der Waals surface area contributed by atoms with Crippen LogP contribution in [0.3, 0.4) is 0 Å². The number of hydrogen-bond acceptors (Lipinski definition) is 2. The third-order valence-corrected chi connectivity index (χ3v) is 8.58. The fourth-order valence-electron chi connectivity index (χ4n) is 3.53. The topological polar surface area (TPSA) is 16.1 Å². The Morgan fingerprint density at radius 1 is 1.08 bits per heavy atom. The monoisotopic (exact) mass is 363 g/mol. The number of halogens is 1. The van der Waals surface area contributed by atoms with Gasteiger partial charge >= 0.3 is 0 Å². The van der Waals surface area contributed by atoms with Crippen molar-refractivity contribution in [2.75, 3.05) is 13.1 Å². The first-order chi connectivity index (χ1) is 12.5. The average molecular weight is 364 g/mol. The summed E-state index contributed by atoms with van der Waals surface area (Å²) in [6.07, 6.45) is 0. The van der Waals surface area contributed by atoms with E-state index in [1.165, 1.54) is 42.9 Å². The third kappa shape index (κ3) is 3.86. The van der Waals surface area contributed by atoms with E-state index in [-0.39, 0.29) is 5.82 Å². The standard InChI is InChI=1S/C22H24FN2Si/c1-26(2)13-11-25(12-14-26)16-17-3-5-18(6-4-17)21-9-7-19-15-20(23)8-10-22(19)24-21/h3-6,8-10,15H,11-14,16H2,1-2H3. The Kier molecular flexibility index (Phi) is 4.63. The van der Waals surface area contributed by atoms with Gasteiger partial charge in [-0.15, -0.1) is 0 Å². The van der Waals surface area contributed by atoms with E-state index >= 15 is 0 Å². The SMILES string of the molecule is C[Si]1(C)CCN(Cc2ccc(-c3c[c]c4cc(F)ccc4n3)cc2)CC1. The molecule has 1 fully saturated rings. The first-order valence-corrected chi connectivity index (χ1v) is 12.7. The zero-order chi connectivity index (χ0) is 18.1. The molecule has 0 unspecified atom stereocenters. The van der Waals surface area contributed by atoms with Crippen LogP contribution in [0.15, 0.2) is 48.5 Å². The lowest BCUT2D eigenvalue weighted by Crippen LogP contribution is -2.42. The van der Waals surface area contributed by atoms with Gasteiger partial charge in [0.25, 0.3) is 0 Å². The number of pyridine rings is 1. The number of benzene rings is 2. The fraction of sp³-hybridized carbons (Fsp3) is 0.318. The zero-order valence-corrected chi connectivity index (χ0v) is 16.4. The summed E-state index contributed by atoms with van der Waals surface area (Å²) in [4.78, 5) is 7.22. The Hall–Kier alpha value is -2.04. The molecule has 1 aromatic heterocycles. The van der Waals surface area contributed by atoms with Crippen molar-refractivity contribution in [3.05, 3.63) is 66.0 Å². The molecule has 1 radical (unpaired) electrons. The molecule has 1 aliphatic heterocycles. The van der Waals surface area contributed by atoms with Gasteiger partial charge in [-0.1, -0.05) is 37.4 Å². The van der Waals surface area contributed by atoms with E-state index < -0.39 is 8.07 Å². The summed E-state index contributed by atoms with van der Waals surface area (Å²) in [5, 5.41) is 0.710. The van der Waals surface area contributed by atoms with E-state index in [9.17, 15) is 4.39 Å². The minimum absolute atomic E-state index is 0.253. The van der Waals surface area contributed by atoms with Gasteiger partial charge in [0.2, 0.25) is 0 Å². The molecule has 0 spiro atoms. The largest absolute Gasteiger partial charge is 0.300 e. The van der Waals surface area contributed by atoms with E-state index in [1.54, 1.807) is 6.07 Å². The molecule has 4 rings (SSSR count). The van der Waals surface area contributed by atoms with Crippen LogP contribution in [0.4, 0.5) is 4.39 Å². The Balaban J connectivity index is 1.48. The fourth-order valence-corrected chi connectivity index (χ4v) is 5.63. The molecule has 2 heterocycles. The predicted molar refractivity (Wildman–Crippen MR) is 108 cm³/mol. The summed E-state index contributed by atoms with van der Waals surface area (Å²) in [6, 6.07) is 21.1. The molecule has 2 nitrogen and oxygen atoms in total. The van der Waals surface area contributed by atoms with Crippen molar-refractivity contribution in [1.82, 2.24) is 9.88 Å². The number of hydrogen-bond donors (Lipinski definition) is 0. The quantitative estimate of drug-likeness (QED) is 0.582. The van der Waals surface area contributed by atoms with Gasteiger partial charge in [-0.05, 0) is 61.1 Å². The normalized spacial score (nSPS) is 17.5. The zero-order valence-electron chi connectivity index (χ0n) is 15.4. The first-order valence-electron chi connectivity index (χ1n) is 9.28. The molecule has 2 aromatic carbocycles. The molecule has 0 atom stereocenters. The van der Waals surface area contributed by atoms with Crippen LogP contribution in [-0.2, 0) is 6.54 Å². The molecule has 4 heteroatoms. The van der Waals surface area contributed by atoms with E-state index in [2.05, 4.69) is 53.3 Å². The van der Waals surface area contributed by atoms with Gasteiger partial charge in [0, 0.05) is 25.6 Å². The maximum absolute atomic E-state index is 13.3. The predicted octanol–water partition coefficient (Wildman–Crippen LogP) is 5.37. The van der Waals surface area contributed by atoms with Crippen LogP contribution in [-0.4, -0.2) is 31.0 Å². The van der Waals surface area contributed by atoms with E-state index in [0.717, 1.165) is 23.3 Å². The highest BCUT2D eigenvalue weighted by Crippen LogP contribution is 2.25. The van der Waals surface area contributed by atoms with Crippen LogP contribution in [0.1, 0.15) is 5.56 Å². The van der Waals surface area contributed by atoms with Gasteiger partial charge in [0.1, 0.15) is 5.82 Å². The van der Waals surface area contributed by atoms with Crippen molar-refractivity contribution >= 4 is 19.0 Å². The molecule has 0 saturated carbocycles. The van der Waals surface area contributed by atoms with E-state index in [1.807, 2.05) is 6.07 Å². The number of aromatic nitrogens is 1. The lowest BCUT2D eigenvalue weighted by atomic mass is 10.1. The smallest absolute Gasteiger partial charge is 0.123 e. The number of nitrogens with zero attached hydrogens (tertiary/aromatic N) is 2. The van der Waals surface area contributed by atoms with Crippen molar-refractivity contribution in [2.45, 2.75) is 31.7 Å². The molecule has 1 aliphatic rings. The van der Waals surface area contributed by atoms with Gasteiger partial charge < -0.3 is 0 Å². The summed E-state index contributed by atoms with van der Waals surface area (Å²) >= 11 is 0. The maximum atomic E-state index is 13.3. The van der Waals surface area contributed by atoms with Crippen LogP contribution in [0.25, 0.3) is 22.2 Å². The Morgan fingerprint density at radius 2 is 1.81 bits per heavy atom. The van der Waals surface area contributed by atoms with Crippen molar-refractivity contribution < 1.29 is 4.39 Å². The lowest BCUT2D eigenvalue weighted by Gasteiger charge is -2.35. The molecule has 133 valence electrons. The third-order valence-electron chi connectivity index (χ3n) is 5.43. The minimum atomic E-state index is -0.906. The van der Waals surface area contributed by atoms with Crippen LogP contribution in [0, 0.1) is 11.9 Å². The van der Waals surface area contributed by atoms with Gasteiger partial charge in [-0.2, -0.15) is 0 Å². The van der Waals surface area contributed by atoms with Crippen molar-refractivity contribution in [3.8, 4) is 11.3 Å². The van der Waals surface area contributed by atoms with Crippen LogP contribution in [0.5, 0.6) is 0 Å². The van der Waals surface area contributed by atoms with E-state index in [4.69, 9.17) is 0 Å². The summed E-state index contributed by atoms with van der Waals surface area (Å²) in [5.74, 6) is -0.253. The van der Waals surface area contributed by atoms with E-state index in [0.29, 0.717) is 5.39 Å². The molecule has 0 amide bonds. The lowest BCUT2D eigenvalue weighted by molar-refractivity contribution is 0.282. The highest BCUT2D eigenvalue weighted by Gasteiger charge is 2.26. The minimum Gasteiger partial charge on any atom is -0.300 e.